The zero-order valence-electron chi connectivity index (χ0n) is 13.4. The fourth-order valence-electron chi connectivity index (χ4n) is 3.52. The van der Waals surface area contributed by atoms with Crippen LogP contribution < -0.4 is 0 Å². The van der Waals surface area contributed by atoms with Crippen molar-refractivity contribution in [1.29, 1.82) is 0 Å². The lowest BCUT2D eigenvalue weighted by atomic mass is 10.0. The second kappa shape index (κ2) is 7.13. The molecule has 0 radical (unpaired) electrons. The lowest BCUT2D eigenvalue weighted by Gasteiger charge is -2.34. The molecule has 1 N–H and O–H groups in total. The van der Waals surface area contributed by atoms with Crippen LogP contribution in [0.25, 0.3) is 0 Å². The number of hydrogen-bond acceptors (Lipinski definition) is 3. The van der Waals surface area contributed by atoms with E-state index < -0.39 is 0 Å². The highest BCUT2D eigenvalue weighted by Gasteiger charge is 2.27. The van der Waals surface area contributed by atoms with Crippen LogP contribution in [0.1, 0.15) is 48.0 Å². The van der Waals surface area contributed by atoms with Crippen molar-refractivity contribution in [2.45, 2.75) is 44.7 Å². The number of benzene rings is 1. The van der Waals surface area contributed by atoms with Gasteiger partial charge in [0.15, 0.2) is 0 Å². The van der Waals surface area contributed by atoms with Crippen molar-refractivity contribution < 1.29 is 14.7 Å². The molecule has 1 aromatic carbocycles. The van der Waals surface area contributed by atoms with Crippen LogP contribution in [-0.4, -0.2) is 52.5 Å². The van der Waals surface area contributed by atoms with Crippen molar-refractivity contribution in [2.24, 2.45) is 0 Å². The first-order valence-corrected chi connectivity index (χ1v) is 8.47. The Morgan fingerprint density at radius 1 is 1.22 bits per heavy atom. The number of amides is 2. The van der Waals surface area contributed by atoms with Gasteiger partial charge in [-0.2, -0.15) is 0 Å². The first kappa shape index (κ1) is 16.0. The quantitative estimate of drug-likeness (QED) is 0.921. The summed E-state index contributed by atoms with van der Waals surface area (Å²) >= 11 is 0. The summed E-state index contributed by atoms with van der Waals surface area (Å²) in [6.07, 6.45) is 4.47. The molecule has 1 aromatic rings. The molecule has 0 saturated carbocycles. The number of carbonyl (C=O) groups is 2. The Balaban J connectivity index is 1.73. The number of likely N-dealkylation sites (tertiary alicyclic amines) is 2. The van der Waals surface area contributed by atoms with Crippen molar-refractivity contribution in [3.63, 3.8) is 0 Å². The minimum Gasteiger partial charge on any atom is -0.394 e. The predicted octanol–water partition coefficient (Wildman–Crippen LogP) is 1.80. The van der Waals surface area contributed by atoms with Gasteiger partial charge in [0, 0.05) is 31.6 Å². The Kier molecular flexibility index (Phi) is 4.96. The summed E-state index contributed by atoms with van der Waals surface area (Å²) in [5, 5.41) is 9.49. The molecule has 5 heteroatoms. The van der Waals surface area contributed by atoms with Gasteiger partial charge in [-0.25, -0.2) is 0 Å². The third-order valence-corrected chi connectivity index (χ3v) is 4.82. The molecule has 0 aromatic heterocycles. The first-order valence-electron chi connectivity index (χ1n) is 8.47. The van der Waals surface area contributed by atoms with Crippen LogP contribution in [0.5, 0.6) is 0 Å². The summed E-state index contributed by atoms with van der Waals surface area (Å²) in [4.78, 5) is 28.2. The maximum atomic E-state index is 12.8. The molecular formula is C18H24N2O3. The van der Waals surface area contributed by atoms with Gasteiger partial charge in [0.05, 0.1) is 12.6 Å². The van der Waals surface area contributed by atoms with E-state index in [1.54, 1.807) is 4.90 Å². The SMILES string of the molecule is O=C1CCCN1Cc1cccc(C(=O)N2CCCCC2CO)c1. The zero-order valence-corrected chi connectivity index (χ0v) is 13.4. The van der Waals surface area contributed by atoms with E-state index in [9.17, 15) is 14.7 Å². The molecule has 0 bridgehead atoms. The maximum Gasteiger partial charge on any atom is 0.254 e. The van der Waals surface area contributed by atoms with E-state index in [1.807, 2.05) is 29.2 Å². The van der Waals surface area contributed by atoms with Gasteiger partial charge in [-0.1, -0.05) is 12.1 Å². The summed E-state index contributed by atoms with van der Waals surface area (Å²) in [7, 11) is 0. The summed E-state index contributed by atoms with van der Waals surface area (Å²) in [5.41, 5.74) is 1.64. The zero-order chi connectivity index (χ0) is 16.2. The van der Waals surface area contributed by atoms with Crippen LogP contribution in [0.15, 0.2) is 24.3 Å². The lowest BCUT2D eigenvalue weighted by Crippen LogP contribution is -2.45. The molecule has 3 rings (SSSR count). The Labute approximate surface area is 136 Å². The topological polar surface area (TPSA) is 60.9 Å². The Hall–Kier alpha value is -1.88. The number of nitrogens with zero attached hydrogens (tertiary/aromatic N) is 2. The Bertz CT molecular complexity index is 587. The number of hydrogen-bond donors (Lipinski definition) is 1. The highest BCUT2D eigenvalue weighted by atomic mass is 16.3. The molecule has 2 fully saturated rings. The van der Waals surface area contributed by atoms with Crippen LogP contribution in [0.3, 0.4) is 0 Å². The highest BCUT2D eigenvalue weighted by Crippen LogP contribution is 2.21. The molecule has 2 aliphatic heterocycles. The average Bonchev–Trinajstić information content (AvgIpc) is 2.99. The van der Waals surface area contributed by atoms with Gasteiger partial charge in [0.2, 0.25) is 5.91 Å². The summed E-state index contributed by atoms with van der Waals surface area (Å²) in [6.45, 7) is 2.10. The number of carbonyl (C=O) groups excluding carboxylic acids is 2. The molecular weight excluding hydrogens is 292 g/mol. The number of piperidine rings is 1. The molecule has 2 aliphatic rings. The Morgan fingerprint density at radius 3 is 2.83 bits per heavy atom. The molecule has 1 unspecified atom stereocenters. The number of aliphatic hydroxyl groups is 1. The fourth-order valence-corrected chi connectivity index (χ4v) is 3.52. The van der Waals surface area contributed by atoms with Crippen LogP contribution in [0, 0.1) is 0 Å². The molecule has 124 valence electrons. The molecule has 2 saturated heterocycles. The van der Waals surface area contributed by atoms with E-state index in [4.69, 9.17) is 0 Å². The van der Waals surface area contributed by atoms with E-state index >= 15 is 0 Å². The first-order chi connectivity index (χ1) is 11.2. The minimum atomic E-state index is -0.0694. The molecule has 2 amide bonds. The van der Waals surface area contributed by atoms with E-state index in [0.29, 0.717) is 25.1 Å². The second-order valence-corrected chi connectivity index (χ2v) is 6.45. The minimum absolute atomic E-state index is 0.0154. The van der Waals surface area contributed by atoms with Crippen LogP contribution in [-0.2, 0) is 11.3 Å². The van der Waals surface area contributed by atoms with E-state index in [1.165, 1.54) is 0 Å². The average molecular weight is 316 g/mol. The van der Waals surface area contributed by atoms with Gasteiger partial charge >= 0.3 is 0 Å². The number of aliphatic hydroxyl groups excluding tert-OH is 1. The van der Waals surface area contributed by atoms with Crippen molar-refractivity contribution >= 4 is 11.8 Å². The Morgan fingerprint density at radius 2 is 2.09 bits per heavy atom. The third-order valence-electron chi connectivity index (χ3n) is 4.82. The smallest absolute Gasteiger partial charge is 0.254 e. The fraction of sp³-hybridized carbons (Fsp3) is 0.556. The number of rotatable bonds is 4. The van der Waals surface area contributed by atoms with Crippen LogP contribution in [0.4, 0.5) is 0 Å². The predicted molar refractivity (Wildman–Crippen MR) is 86.9 cm³/mol. The molecule has 0 aliphatic carbocycles. The van der Waals surface area contributed by atoms with Gasteiger partial charge in [-0.15, -0.1) is 0 Å². The summed E-state index contributed by atoms with van der Waals surface area (Å²) in [6, 6.07) is 7.47. The molecule has 23 heavy (non-hydrogen) atoms. The van der Waals surface area contributed by atoms with Crippen molar-refractivity contribution in [1.82, 2.24) is 9.80 Å². The van der Waals surface area contributed by atoms with Crippen molar-refractivity contribution in [2.75, 3.05) is 19.7 Å². The second-order valence-electron chi connectivity index (χ2n) is 6.45. The third kappa shape index (κ3) is 3.55. The van der Waals surface area contributed by atoms with E-state index in [2.05, 4.69) is 0 Å². The molecule has 1 atom stereocenters. The normalized spacial score (nSPS) is 21.8. The lowest BCUT2D eigenvalue weighted by molar-refractivity contribution is -0.128. The van der Waals surface area contributed by atoms with Crippen molar-refractivity contribution in [3.05, 3.63) is 35.4 Å². The van der Waals surface area contributed by atoms with Gasteiger partial charge in [-0.3, -0.25) is 9.59 Å². The van der Waals surface area contributed by atoms with Gasteiger partial charge in [-0.05, 0) is 43.4 Å². The maximum absolute atomic E-state index is 12.8. The largest absolute Gasteiger partial charge is 0.394 e. The monoisotopic (exact) mass is 316 g/mol. The highest BCUT2D eigenvalue weighted by molar-refractivity contribution is 5.94. The van der Waals surface area contributed by atoms with Gasteiger partial charge < -0.3 is 14.9 Å². The van der Waals surface area contributed by atoms with Crippen molar-refractivity contribution in [3.8, 4) is 0 Å². The van der Waals surface area contributed by atoms with Crippen LogP contribution >= 0.6 is 0 Å². The molecule has 0 spiro atoms. The van der Waals surface area contributed by atoms with Crippen LogP contribution in [0.2, 0.25) is 0 Å². The van der Waals surface area contributed by atoms with Gasteiger partial charge in [0.25, 0.3) is 5.91 Å². The molecule has 2 heterocycles. The standard InChI is InChI=1S/C18H24N2O3/c21-13-16-7-1-2-10-20(16)18(23)15-6-3-5-14(11-15)12-19-9-4-8-17(19)22/h3,5-6,11,16,21H,1-2,4,7-10,12-13H2. The van der Waals surface area contributed by atoms with E-state index in [0.717, 1.165) is 37.8 Å². The van der Waals surface area contributed by atoms with Gasteiger partial charge in [0.1, 0.15) is 0 Å². The summed E-state index contributed by atoms with van der Waals surface area (Å²) < 4.78 is 0. The molecule has 5 nitrogen and oxygen atoms in total. The summed E-state index contributed by atoms with van der Waals surface area (Å²) in [5.74, 6) is 0.177. The van der Waals surface area contributed by atoms with E-state index in [-0.39, 0.29) is 24.5 Å².